The third-order valence-electron chi connectivity index (χ3n) is 3.59. The minimum atomic E-state index is -5.22. The summed E-state index contributed by atoms with van der Waals surface area (Å²) in [6.45, 7) is 1.75. The Morgan fingerprint density at radius 1 is 1.56 bits per heavy atom. The van der Waals surface area contributed by atoms with Gasteiger partial charge in [0.15, 0.2) is 0 Å². The number of piperidine rings is 1. The molecule has 2 heterocycles. The van der Waals surface area contributed by atoms with Crippen LogP contribution >= 0.6 is 0 Å². The first kappa shape index (κ1) is 24.1. The summed E-state index contributed by atoms with van der Waals surface area (Å²) < 4.78 is 35.2. The summed E-state index contributed by atoms with van der Waals surface area (Å²) in [4.78, 5) is 34.2. The van der Waals surface area contributed by atoms with Crippen LogP contribution in [0.15, 0.2) is 5.16 Å². The van der Waals surface area contributed by atoms with Crippen LogP contribution in [0, 0.1) is 0 Å². The number of urea groups is 1. The number of rotatable bonds is 9. The van der Waals surface area contributed by atoms with Gasteiger partial charge in [0.25, 0.3) is 0 Å². The average molecular weight is 417 g/mol. The largest absolute Gasteiger partial charge is 1.00 e. The Kier molecular flexibility index (Phi) is 8.90. The zero-order valence-corrected chi connectivity index (χ0v) is 17.4. The van der Waals surface area contributed by atoms with Gasteiger partial charge in [0, 0.05) is 13.0 Å². The summed E-state index contributed by atoms with van der Waals surface area (Å²) >= 11 is 0. The van der Waals surface area contributed by atoms with E-state index in [-0.39, 0.29) is 61.4 Å². The number of hydrogen-bond acceptors (Lipinski definition) is 11. The molecular formula is C10H17BN5NaO9S. The minimum Gasteiger partial charge on any atom is -0.724 e. The van der Waals surface area contributed by atoms with Crippen LogP contribution in [0.5, 0.6) is 0 Å². The van der Waals surface area contributed by atoms with E-state index in [0.717, 1.165) is 4.90 Å². The molecule has 2 fully saturated rings. The van der Waals surface area contributed by atoms with Gasteiger partial charge in [0.05, 0.1) is 12.3 Å². The fourth-order valence-corrected chi connectivity index (χ4v) is 2.63. The van der Waals surface area contributed by atoms with Crippen molar-refractivity contribution in [3.05, 3.63) is 0 Å². The maximum Gasteiger partial charge on any atom is 1.00 e. The third kappa shape index (κ3) is 6.54. The molecule has 2 aliphatic rings. The third-order valence-corrected chi connectivity index (χ3v) is 3.82. The molecule has 2 aliphatic heterocycles. The molecule has 17 heteroatoms. The first-order valence-corrected chi connectivity index (χ1v) is 8.75. The van der Waals surface area contributed by atoms with Crippen LogP contribution < -0.4 is 40.5 Å². The molecule has 4 N–H and O–H groups in total. The van der Waals surface area contributed by atoms with Gasteiger partial charge in [-0.15, -0.1) is 0 Å². The summed E-state index contributed by atoms with van der Waals surface area (Å²) in [5, 5.41) is 16.0. The summed E-state index contributed by atoms with van der Waals surface area (Å²) in [5.41, 5.74) is 5.44. The Hall–Kier alpha value is -0.975. The van der Waals surface area contributed by atoms with Gasteiger partial charge in [-0.2, -0.15) is 5.06 Å². The number of nitrogens with zero attached hydrogens (tertiary/aromatic N) is 3. The van der Waals surface area contributed by atoms with Crippen LogP contribution in [-0.4, -0.2) is 84.4 Å². The molecular weight excluding hydrogens is 400 g/mol. The second kappa shape index (κ2) is 9.99. The molecule has 146 valence electrons. The van der Waals surface area contributed by atoms with E-state index in [2.05, 4.69) is 19.7 Å². The molecule has 0 aromatic rings. The van der Waals surface area contributed by atoms with E-state index < -0.39 is 41.5 Å². The van der Waals surface area contributed by atoms with Crippen molar-refractivity contribution in [2.24, 2.45) is 10.9 Å². The molecule has 3 amide bonds. The molecule has 27 heavy (non-hydrogen) atoms. The van der Waals surface area contributed by atoms with Crippen LogP contribution in [0.3, 0.4) is 0 Å². The van der Waals surface area contributed by atoms with Gasteiger partial charge in [-0.25, -0.2) is 13.2 Å². The SMILES string of the molecule is CB(O)NCCO/N=C1/C[C@@H](C(N)=O)N2C[C@@H]1N(OOS(=O)(=O)[O-])C2=O.[Na+]. The number of fused-ring (bicyclic) bond motifs is 2. The van der Waals surface area contributed by atoms with E-state index in [1.807, 2.05) is 0 Å². The second-order valence-corrected chi connectivity index (χ2v) is 6.45. The van der Waals surface area contributed by atoms with Crippen molar-refractivity contribution >= 4 is 35.1 Å². The molecule has 0 unspecified atom stereocenters. The van der Waals surface area contributed by atoms with Gasteiger partial charge in [-0.1, -0.05) is 14.5 Å². The van der Waals surface area contributed by atoms with Crippen molar-refractivity contribution in [2.75, 3.05) is 19.7 Å². The second-order valence-electron chi connectivity index (χ2n) is 5.50. The number of nitrogens with one attached hydrogen (secondary N) is 1. The van der Waals surface area contributed by atoms with Crippen molar-refractivity contribution in [3.63, 3.8) is 0 Å². The molecule has 0 aromatic heterocycles. The van der Waals surface area contributed by atoms with E-state index in [4.69, 9.17) is 15.6 Å². The Morgan fingerprint density at radius 2 is 2.22 bits per heavy atom. The van der Waals surface area contributed by atoms with Crippen molar-refractivity contribution < 1.29 is 71.3 Å². The number of nitrogens with two attached hydrogens (primary N) is 1. The zero-order valence-electron chi connectivity index (χ0n) is 14.6. The number of amides is 3. The molecule has 0 saturated carbocycles. The molecule has 2 bridgehead atoms. The standard InChI is InChI=1S/C10H18BN5O9S.Na/c1-11(19)13-2-3-23-14-6-4-7(9(12)17)15-5-8(6)16(10(15)18)24-25-26(20,21)22;/h7-8,13,19H,2-5H2,1H3,(H2,12,17)(H,20,21,22);/q;+1/p-1/b14-6-;/t7-,8-;/m0./s1. The van der Waals surface area contributed by atoms with Crippen LogP contribution in [-0.2, 0) is 29.4 Å². The van der Waals surface area contributed by atoms with Gasteiger partial charge in [-0.3, -0.25) is 4.79 Å². The predicted octanol–water partition coefficient (Wildman–Crippen LogP) is -6.25. The fourth-order valence-electron chi connectivity index (χ4n) is 2.49. The molecule has 2 rings (SSSR count). The summed E-state index contributed by atoms with van der Waals surface area (Å²) in [6, 6.07) is -2.90. The number of carbonyl (C=O) groups excluding carboxylic acids is 2. The number of hydrogen-bond donors (Lipinski definition) is 3. The van der Waals surface area contributed by atoms with Gasteiger partial charge in [-0.05, 0) is 6.82 Å². The smallest absolute Gasteiger partial charge is 0.724 e. The molecule has 2 saturated heterocycles. The van der Waals surface area contributed by atoms with E-state index in [1.165, 1.54) is 6.82 Å². The average Bonchev–Trinajstić information content (AvgIpc) is 2.79. The van der Waals surface area contributed by atoms with Gasteiger partial charge in [0.2, 0.25) is 16.3 Å². The summed E-state index contributed by atoms with van der Waals surface area (Å²) in [5.74, 6) is -0.806. The normalized spacial score (nSPS) is 23.4. The van der Waals surface area contributed by atoms with Crippen LogP contribution in [0.2, 0.25) is 6.82 Å². The van der Waals surface area contributed by atoms with Gasteiger partial charge < -0.3 is 30.3 Å². The van der Waals surface area contributed by atoms with Crippen molar-refractivity contribution in [2.45, 2.75) is 25.3 Å². The molecule has 0 spiro atoms. The van der Waals surface area contributed by atoms with Crippen molar-refractivity contribution in [1.82, 2.24) is 15.2 Å². The molecule has 0 aromatic carbocycles. The summed E-state index contributed by atoms with van der Waals surface area (Å²) in [6.07, 6.45) is -0.0699. The maximum atomic E-state index is 12.2. The monoisotopic (exact) mass is 417 g/mol. The molecule has 0 aliphatic carbocycles. The van der Waals surface area contributed by atoms with Crippen molar-refractivity contribution in [3.8, 4) is 0 Å². The first-order valence-electron chi connectivity index (χ1n) is 7.41. The zero-order chi connectivity index (χ0) is 19.5. The van der Waals surface area contributed by atoms with Crippen LogP contribution in [0.25, 0.3) is 0 Å². The first-order chi connectivity index (χ1) is 12.1. The predicted molar refractivity (Wildman–Crippen MR) is 82.4 cm³/mol. The number of primary amides is 1. The molecule has 2 atom stereocenters. The van der Waals surface area contributed by atoms with Gasteiger partial charge >= 0.3 is 42.6 Å². The van der Waals surface area contributed by atoms with E-state index >= 15 is 0 Å². The Bertz CT molecular complexity index is 693. The molecule has 0 radical (unpaired) electrons. The minimum absolute atomic E-state index is 0. The van der Waals surface area contributed by atoms with E-state index in [1.54, 1.807) is 0 Å². The number of hydroxylamine groups is 2. The number of carbonyl (C=O) groups is 2. The Labute approximate surface area is 177 Å². The summed E-state index contributed by atoms with van der Waals surface area (Å²) in [7, 11) is -5.96. The Balaban J connectivity index is 0.00000364. The topological polar surface area (TPSA) is 196 Å². The quantitative estimate of drug-likeness (QED) is 0.0810. The van der Waals surface area contributed by atoms with Crippen molar-refractivity contribution in [1.29, 1.82) is 0 Å². The fraction of sp³-hybridized carbons (Fsp3) is 0.700. The van der Waals surface area contributed by atoms with Crippen LogP contribution in [0.4, 0.5) is 4.79 Å². The Morgan fingerprint density at radius 3 is 2.78 bits per heavy atom. The van der Waals surface area contributed by atoms with Gasteiger partial charge in [0.1, 0.15) is 18.7 Å². The van der Waals surface area contributed by atoms with Crippen LogP contribution in [0.1, 0.15) is 6.42 Å². The van der Waals surface area contributed by atoms with E-state index in [9.17, 15) is 22.6 Å². The maximum absolute atomic E-state index is 12.2. The van der Waals surface area contributed by atoms with E-state index in [0.29, 0.717) is 5.06 Å². The number of oxime groups is 1. The molecule has 14 nitrogen and oxygen atoms in total.